The van der Waals surface area contributed by atoms with Crippen molar-refractivity contribution in [1.82, 2.24) is 4.98 Å². The number of esters is 2. The van der Waals surface area contributed by atoms with Crippen molar-refractivity contribution in [3.8, 4) is 0 Å². The number of hydrogen-bond acceptors (Lipinski definition) is 5. The van der Waals surface area contributed by atoms with Crippen molar-refractivity contribution in [2.24, 2.45) is 0 Å². The third-order valence-corrected chi connectivity index (χ3v) is 3.85. The summed E-state index contributed by atoms with van der Waals surface area (Å²) in [6, 6.07) is 16.9. The van der Waals surface area contributed by atoms with E-state index >= 15 is 0 Å². The third-order valence-electron chi connectivity index (χ3n) is 3.85. The van der Waals surface area contributed by atoms with Gasteiger partial charge in [0.1, 0.15) is 5.82 Å². The molecule has 0 amide bonds. The molecule has 0 saturated carbocycles. The van der Waals surface area contributed by atoms with E-state index in [0.29, 0.717) is 11.3 Å². The molecule has 0 saturated heterocycles. The van der Waals surface area contributed by atoms with Crippen LogP contribution in [0.1, 0.15) is 38.1 Å². The van der Waals surface area contributed by atoms with E-state index < -0.39 is 23.9 Å². The summed E-state index contributed by atoms with van der Waals surface area (Å²) in [5.74, 6) is -1.67. The lowest BCUT2D eigenvalue weighted by atomic mass is 10.1. The topological polar surface area (TPSA) is 65.5 Å². The van der Waals surface area contributed by atoms with Gasteiger partial charge in [0.25, 0.3) is 0 Å². The Morgan fingerprint density at radius 1 is 0.926 bits per heavy atom. The second kappa shape index (κ2) is 8.23. The van der Waals surface area contributed by atoms with Crippen molar-refractivity contribution >= 4 is 11.9 Å². The predicted octanol–water partition coefficient (Wildman–Crippen LogP) is 3.95. The number of nitrogens with zero attached hydrogens (tertiary/aromatic N) is 1. The van der Waals surface area contributed by atoms with Crippen molar-refractivity contribution in [3.63, 3.8) is 0 Å². The molecule has 0 N–H and O–H groups in total. The first kappa shape index (κ1) is 18.3. The van der Waals surface area contributed by atoms with E-state index in [1.807, 2.05) is 0 Å². The third kappa shape index (κ3) is 4.36. The summed E-state index contributed by atoms with van der Waals surface area (Å²) in [6.07, 6.45) is 0.670. The molecule has 2 aromatic carbocycles. The Bertz CT molecular complexity index is 959. The van der Waals surface area contributed by atoms with Crippen LogP contribution in [0.4, 0.5) is 4.39 Å². The molecule has 136 valence electrons. The number of carbonyl (C=O) groups excluding carboxylic acids is 2. The molecule has 0 radical (unpaired) electrons. The normalized spacial score (nSPS) is 11.5. The minimum atomic E-state index is -0.892. The van der Waals surface area contributed by atoms with Gasteiger partial charge >= 0.3 is 11.9 Å². The van der Waals surface area contributed by atoms with Crippen molar-refractivity contribution in [2.75, 3.05) is 7.11 Å². The van der Waals surface area contributed by atoms with E-state index in [1.54, 1.807) is 36.5 Å². The number of aromatic nitrogens is 1. The van der Waals surface area contributed by atoms with Crippen LogP contribution in [0.2, 0.25) is 0 Å². The summed E-state index contributed by atoms with van der Waals surface area (Å²) in [7, 11) is 1.26. The minimum Gasteiger partial charge on any atom is -0.465 e. The summed E-state index contributed by atoms with van der Waals surface area (Å²) in [6.45, 7) is 0. The SMILES string of the molecule is COC(=O)c1cccc(C(=O)OC(c2cccc(F)c2)c2ccccn2)c1. The molecule has 3 aromatic rings. The van der Waals surface area contributed by atoms with Crippen molar-refractivity contribution in [3.05, 3.63) is 101 Å². The summed E-state index contributed by atoms with van der Waals surface area (Å²) in [5.41, 5.74) is 1.31. The number of methoxy groups -OCH3 is 1. The van der Waals surface area contributed by atoms with E-state index in [0.717, 1.165) is 0 Å². The quantitative estimate of drug-likeness (QED) is 0.641. The van der Waals surface area contributed by atoms with E-state index in [-0.39, 0.29) is 11.1 Å². The molecule has 0 aliphatic rings. The molecule has 0 aliphatic carbocycles. The Kier molecular flexibility index (Phi) is 5.56. The van der Waals surface area contributed by atoms with Crippen LogP contribution in [0, 0.1) is 5.82 Å². The summed E-state index contributed by atoms with van der Waals surface area (Å²) in [5, 5.41) is 0. The van der Waals surface area contributed by atoms with E-state index in [2.05, 4.69) is 9.72 Å². The molecular weight excluding hydrogens is 349 g/mol. The summed E-state index contributed by atoms with van der Waals surface area (Å²) >= 11 is 0. The number of pyridine rings is 1. The predicted molar refractivity (Wildman–Crippen MR) is 95.7 cm³/mol. The number of carbonyl (C=O) groups is 2. The average molecular weight is 365 g/mol. The molecule has 6 heteroatoms. The van der Waals surface area contributed by atoms with Crippen LogP contribution >= 0.6 is 0 Å². The highest BCUT2D eigenvalue weighted by molar-refractivity contribution is 5.95. The summed E-state index contributed by atoms with van der Waals surface area (Å²) < 4.78 is 23.9. The lowest BCUT2D eigenvalue weighted by Gasteiger charge is -2.18. The Labute approximate surface area is 155 Å². The Morgan fingerprint density at radius 2 is 1.67 bits per heavy atom. The van der Waals surface area contributed by atoms with Crippen LogP contribution in [-0.4, -0.2) is 24.0 Å². The van der Waals surface area contributed by atoms with E-state index in [9.17, 15) is 14.0 Å². The van der Waals surface area contributed by atoms with Gasteiger partial charge in [0.2, 0.25) is 0 Å². The van der Waals surface area contributed by atoms with Crippen molar-refractivity contribution < 1.29 is 23.5 Å². The molecule has 1 atom stereocenters. The fourth-order valence-electron chi connectivity index (χ4n) is 2.57. The van der Waals surface area contributed by atoms with Crippen LogP contribution < -0.4 is 0 Å². The number of ether oxygens (including phenoxy) is 2. The van der Waals surface area contributed by atoms with Gasteiger partial charge in [-0.25, -0.2) is 14.0 Å². The standard InChI is InChI=1S/C21H16FNO4/c1-26-20(24)15-7-4-8-16(12-15)21(25)27-19(18-10-2-3-11-23-18)14-6-5-9-17(22)13-14/h2-13,19H,1H3. The largest absolute Gasteiger partial charge is 0.465 e. The lowest BCUT2D eigenvalue weighted by Crippen LogP contribution is -2.15. The smallest absolute Gasteiger partial charge is 0.339 e. The van der Waals surface area contributed by atoms with Gasteiger partial charge in [-0.2, -0.15) is 0 Å². The number of rotatable bonds is 5. The van der Waals surface area contributed by atoms with Gasteiger partial charge in [0.05, 0.1) is 23.9 Å². The highest BCUT2D eigenvalue weighted by atomic mass is 19.1. The second-order valence-electron chi connectivity index (χ2n) is 5.67. The molecule has 0 fully saturated rings. The molecule has 0 spiro atoms. The number of benzene rings is 2. The van der Waals surface area contributed by atoms with Gasteiger partial charge in [-0.15, -0.1) is 0 Å². The maximum Gasteiger partial charge on any atom is 0.339 e. The van der Waals surface area contributed by atoms with Gasteiger partial charge in [-0.1, -0.05) is 24.3 Å². The van der Waals surface area contributed by atoms with E-state index in [1.165, 1.54) is 43.5 Å². The van der Waals surface area contributed by atoms with Gasteiger partial charge in [0, 0.05) is 11.8 Å². The minimum absolute atomic E-state index is 0.176. The molecule has 27 heavy (non-hydrogen) atoms. The highest BCUT2D eigenvalue weighted by Gasteiger charge is 2.22. The van der Waals surface area contributed by atoms with Crippen LogP contribution in [0.25, 0.3) is 0 Å². The first-order valence-electron chi connectivity index (χ1n) is 8.14. The molecule has 5 nitrogen and oxygen atoms in total. The molecular formula is C21H16FNO4. The van der Waals surface area contributed by atoms with Crippen molar-refractivity contribution in [1.29, 1.82) is 0 Å². The number of hydrogen-bond donors (Lipinski definition) is 0. The van der Waals surface area contributed by atoms with E-state index in [4.69, 9.17) is 4.74 Å². The first-order chi connectivity index (χ1) is 13.1. The Morgan fingerprint density at radius 3 is 2.33 bits per heavy atom. The molecule has 0 aliphatic heterocycles. The zero-order valence-corrected chi connectivity index (χ0v) is 14.5. The van der Waals surface area contributed by atoms with Crippen LogP contribution in [-0.2, 0) is 9.47 Å². The Balaban J connectivity index is 1.93. The highest BCUT2D eigenvalue weighted by Crippen LogP contribution is 2.26. The van der Waals surface area contributed by atoms with Crippen LogP contribution in [0.3, 0.4) is 0 Å². The number of halogens is 1. The maximum absolute atomic E-state index is 13.7. The van der Waals surface area contributed by atoms with Gasteiger partial charge in [-0.3, -0.25) is 4.98 Å². The van der Waals surface area contributed by atoms with Crippen molar-refractivity contribution in [2.45, 2.75) is 6.10 Å². The zero-order valence-electron chi connectivity index (χ0n) is 14.5. The maximum atomic E-state index is 13.7. The molecule has 1 unspecified atom stereocenters. The molecule has 1 heterocycles. The monoisotopic (exact) mass is 365 g/mol. The molecule has 1 aromatic heterocycles. The van der Waals surface area contributed by atoms with Gasteiger partial charge in [-0.05, 0) is 42.5 Å². The van der Waals surface area contributed by atoms with Gasteiger partial charge in [0.15, 0.2) is 6.10 Å². The second-order valence-corrected chi connectivity index (χ2v) is 5.67. The summed E-state index contributed by atoms with van der Waals surface area (Å²) in [4.78, 5) is 28.5. The fraction of sp³-hybridized carbons (Fsp3) is 0.0952. The van der Waals surface area contributed by atoms with Crippen LogP contribution in [0.15, 0.2) is 72.9 Å². The van der Waals surface area contributed by atoms with Crippen LogP contribution in [0.5, 0.6) is 0 Å². The fourth-order valence-corrected chi connectivity index (χ4v) is 2.57. The average Bonchev–Trinajstić information content (AvgIpc) is 2.72. The lowest BCUT2D eigenvalue weighted by molar-refractivity contribution is 0.0370. The first-order valence-corrected chi connectivity index (χ1v) is 8.14. The molecule has 0 bridgehead atoms. The Hall–Kier alpha value is -3.54. The zero-order chi connectivity index (χ0) is 19.2. The van der Waals surface area contributed by atoms with Gasteiger partial charge < -0.3 is 9.47 Å². The molecule has 3 rings (SSSR count).